The molecule has 3 rings (SSSR count). The number of H-pyrrole nitrogens is 1. The molecule has 21 heavy (non-hydrogen) atoms. The number of nitrogens with two attached hydrogens (primary N) is 1. The van der Waals surface area contributed by atoms with Gasteiger partial charge in [-0.05, 0) is 18.2 Å². The van der Waals surface area contributed by atoms with Crippen LogP contribution in [0.15, 0.2) is 53.7 Å². The van der Waals surface area contributed by atoms with E-state index in [0.29, 0.717) is 6.54 Å². The van der Waals surface area contributed by atoms with E-state index < -0.39 is 0 Å². The molecule has 0 radical (unpaired) electrons. The Morgan fingerprint density at radius 2 is 1.95 bits per heavy atom. The van der Waals surface area contributed by atoms with Crippen LogP contribution in [0.4, 0.5) is 0 Å². The van der Waals surface area contributed by atoms with Crippen LogP contribution in [0.25, 0.3) is 11.0 Å². The first kappa shape index (κ1) is 14.0. The highest BCUT2D eigenvalue weighted by atomic mass is 32.2. The van der Waals surface area contributed by atoms with Gasteiger partial charge in [0, 0.05) is 12.1 Å². The molecule has 1 heterocycles. The van der Waals surface area contributed by atoms with Gasteiger partial charge in [0.25, 0.3) is 0 Å². The minimum Gasteiger partial charge on any atom is -0.496 e. The first-order chi connectivity index (χ1) is 10.3. The maximum absolute atomic E-state index is 5.95. The third kappa shape index (κ3) is 2.89. The van der Waals surface area contributed by atoms with Crippen molar-refractivity contribution in [3.63, 3.8) is 0 Å². The predicted molar refractivity (Wildman–Crippen MR) is 86.7 cm³/mol. The number of nitrogens with one attached hydrogen (secondary N) is 1. The summed E-state index contributed by atoms with van der Waals surface area (Å²) in [5.74, 6) is 0.858. The highest BCUT2D eigenvalue weighted by molar-refractivity contribution is 7.99. The average Bonchev–Trinajstić information content (AvgIpc) is 2.95. The Morgan fingerprint density at radius 3 is 2.71 bits per heavy atom. The molecule has 0 saturated carbocycles. The number of aromatic amines is 1. The fourth-order valence-corrected chi connectivity index (χ4v) is 3.30. The summed E-state index contributed by atoms with van der Waals surface area (Å²) in [6, 6.07) is 16.0. The highest BCUT2D eigenvalue weighted by Crippen LogP contribution is 2.37. The maximum Gasteiger partial charge on any atom is 0.167 e. The topological polar surface area (TPSA) is 63.9 Å². The third-order valence-corrected chi connectivity index (χ3v) is 4.47. The zero-order valence-corrected chi connectivity index (χ0v) is 12.6. The summed E-state index contributed by atoms with van der Waals surface area (Å²) in [6.07, 6.45) is 0. The van der Waals surface area contributed by atoms with E-state index in [4.69, 9.17) is 10.5 Å². The number of benzene rings is 2. The smallest absolute Gasteiger partial charge is 0.167 e. The summed E-state index contributed by atoms with van der Waals surface area (Å²) < 4.78 is 5.43. The van der Waals surface area contributed by atoms with E-state index in [1.807, 2.05) is 48.5 Å². The van der Waals surface area contributed by atoms with Gasteiger partial charge in [0.05, 0.1) is 23.4 Å². The summed E-state index contributed by atoms with van der Waals surface area (Å²) in [7, 11) is 1.68. The van der Waals surface area contributed by atoms with Gasteiger partial charge in [-0.1, -0.05) is 42.1 Å². The van der Waals surface area contributed by atoms with Crippen LogP contribution in [0.5, 0.6) is 5.75 Å². The number of fused-ring (bicyclic) bond motifs is 1. The summed E-state index contributed by atoms with van der Waals surface area (Å²) in [5.41, 5.74) is 9.05. The third-order valence-electron chi connectivity index (χ3n) is 3.32. The number of ether oxygens (including phenoxy) is 1. The van der Waals surface area contributed by atoms with Crippen LogP contribution in [-0.2, 0) is 0 Å². The van der Waals surface area contributed by atoms with Gasteiger partial charge in [0.2, 0.25) is 0 Å². The molecule has 3 aromatic rings. The van der Waals surface area contributed by atoms with Gasteiger partial charge in [-0.3, -0.25) is 0 Å². The lowest BCUT2D eigenvalue weighted by Gasteiger charge is -2.16. The molecule has 3 N–H and O–H groups in total. The zero-order chi connectivity index (χ0) is 14.7. The predicted octanol–water partition coefficient (Wildman–Crippen LogP) is 3.36. The van der Waals surface area contributed by atoms with E-state index >= 15 is 0 Å². The molecule has 0 spiro atoms. The molecule has 0 fully saturated rings. The molecule has 0 aliphatic carbocycles. The second kappa shape index (κ2) is 6.20. The van der Waals surface area contributed by atoms with Gasteiger partial charge >= 0.3 is 0 Å². The molecular weight excluding hydrogens is 282 g/mol. The van der Waals surface area contributed by atoms with Crippen molar-refractivity contribution in [2.45, 2.75) is 10.4 Å². The van der Waals surface area contributed by atoms with E-state index in [1.165, 1.54) is 0 Å². The molecule has 5 heteroatoms. The normalized spacial score (nSPS) is 12.5. The number of methoxy groups -OCH3 is 1. The molecule has 4 nitrogen and oxygen atoms in total. The largest absolute Gasteiger partial charge is 0.496 e. The number of hydrogen-bond acceptors (Lipinski definition) is 4. The molecule has 0 saturated heterocycles. The highest BCUT2D eigenvalue weighted by Gasteiger charge is 2.17. The number of hydrogen-bond donors (Lipinski definition) is 2. The van der Waals surface area contributed by atoms with Crippen LogP contribution in [0.2, 0.25) is 0 Å². The van der Waals surface area contributed by atoms with Crippen LogP contribution in [-0.4, -0.2) is 23.6 Å². The first-order valence-electron chi connectivity index (χ1n) is 6.76. The maximum atomic E-state index is 5.95. The second-order valence-electron chi connectivity index (χ2n) is 4.64. The number of thioether (sulfide) groups is 1. The molecule has 108 valence electrons. The summed E-state index contributed by atoms with van der Waals surface area (Å²) in [6.45, 7) is 0.516. The second-order valence-corrected chi connectivity index (χ2v) is 5.83. The van der Waals surface area contributed by atoms with Crippen LogP contribution in [0.3, 0.4) is 0 Å². The summed E-state index contributed by atoms with van der Waals surface area (Å²) in [4.78, 5) is 7.92. The zero-order valence-electron chi connectivity index (χ0n) is 11.7. The van der Waals surface area contributed by atoms with Crippen LogP contribution in [0, 0.1) is 0 Å². The Labute approximate surface area is 127 Å². The molecule has 1 unspecified atom stereocenters. The minimum absolute atomic E-state index is 0.0988. The molecule has 0 amide bonds. The Morgan fingerprint density at radius 1 is 1.19 bits per heavy atom. The first-order valence-corrected chi connectivity index (χ1v) is 7.64. The van der Waals surface area contributed by atoms with Crippen molar-refractivity contribution in [1.82, 2.24) is 9.97 Å². The number of aromatic nitrogens is 2. The summed E-state index contributed by atoms with van der Waals surface area (Å²) >= 11 is 1.63. The van der Waals surface area contributed by atoms with E-state index in [1.54, 1.807) is 18.9 Å². The van der Waals surface area contributed by atoms with Crippen molar-refractivity contribution in [2.24, 2.45) is 5.73 Å². The molecule has 0 bridgehead atoms. The lowest BCUT2D eigenvalue weighted by Crippen LogP contribution is -2.10. The fourth-order valence-electron chi connectivity index (χ4n) is 2.29. The van der Waals surface area contributed by atoms with Crippen molar-refractivity contribution >= 4 is 22.8 Å². The quantitative estimate of drug-likeness (QED) is 0.709. The van der Waals surface area contributed by atoms with Crippen LogP contribution < -0.4 is 10.5 Å². The van der Waals surface area contributed by atoms with Gasteiger partial charge in [-0.15, -0.1) is 0 Å². The van der Waals surface area contributed by atoms with Crippen molar-refractivity contribution in [3.05, 3.63) is 54.1 Å². The molecule has 1 atom stereocenters. The molecule has 1 aromatic heterocycles. The molecule has 2 aromatic carbocycles. The Balaban J connectivity index is 1.90. The molecular formula is C16H17N3OS. The Kier molecular flexibility index (Phi) is 4.13. The molecule has 0 aliphatic rings. The van der Waals surface area contributed by atoms with Crippen molar-refractivity contribution in [2.75, 3.05) is 13.7 Å². The van der Waals surface area contributed by atoms with Crippen LogP contribution >= 0.6 is 11.8 Å². The number of para-hydroxylation sites is 3. The SMILES string of the molecule is COc1ccccc1C(CN)Sc1nc2ccccc2[nH]1. The van der Waals surface area contributed by atoms with Gasteiger partial charge < -0.3 is 15.5 Å². The van der Waals surface area contributed by atoms with E-state index in [0.717, 1.165) is 27.5 Å². The Hall–Kier alpha value is -1.98. The lowest BCUT2D eigenvalue weighted by molar-refractivity contribution is 0.409. The Bertz CT molecular complexity index is 708. The van der Waals surface area contributed by atoms with Gasteiger partial charge in [0.1, 0.15) is 5.75 Å². The number of nitrogens with zero attached hydrogens (tertiary/aromatic N) is 1. The fraction of sp³-hybridized carbons (Fsp3) is 0.188. The lowest BCUT2D eigenvalue weighted by atomic mass is 10.1. The van der Waals surface area contributed by atoms with Crippen molar-refractivity contribution in [1.29, 1.82) is 0 Å². The standard InChI is InChI=1S/C16H17N3OS/c1-20-14-9-5-2-6-11(14)15(10-17)21-16-18-12-7-3-4-8-13(12)19-16/h2-9,15H,10,17H2,1H3,(H,18,19). The summed E-state index contributed by atoms with van der Waals surface area (Å²) in [5, 5.41) is 0.972. The van der Waals surface area contributed by atoms with Gasteiger partial charge in [0.15, 0.2) is 5.16 Å². The number of rotatable bonds is 5. The molecule has 0 aliphatic heterocycles. The van der Waals surface area contributed by atoms with Gasteiger partial charge in [-0.25, -0.2) is 4.98 Å². The van der Waals surface area contributed by atoms with E-state index in [9.17, 15) is 0 Å². The average molecular weight is 299 g/mol. The number of imidazole rings is 1. The van der Waals surface area contributed by atoms with Crippen molar-refractivity contribution in [3.8, 4) is 5.75 Å². The van der Waals surface area contributed by atoms with E-state index in [-0.39, 0.29) is 5.25 Å². The monoisotopic (exact) mass is 299 g/mol. The minimum atomic E-state index is 0.0988. The van der Waals surface area contributed by atoms with Gasteiger partial charge in [-0.2, -0.15) is 0 Å². The van der Waals surface area contributed by atoms with E-state index in [2.05, 4.69) is 9.97 Å². The van der Waals surface area contributed by atoms with Crippen molar-refractivity contribution < 1.29 is 4.74 Å². The van der Waals surface area contributed by atoms with Crippen LogP contribution in [0.1, 0.15) is 10.8 Å².